The summed E-state index contributed by atoms with van der Waals surface area (Å²) in [5.74, 6) is -0.286. The van der Waals surface area contributed by atoms with Crippen LogP contribution in [0.2, 0.25) is 0 Å². The molecule has 1 aliphatic heterocycles. The van der Waals surface area contributed by atoms with Crippen LogP contribution in [0.25, 0.3) is 0 Å². The Bertz CT molecular complexity index is 1050. The summed E-state index contributed by atoms with van der Waals surface area (Å²) in [4.78, 5) is 26.9. The molecule has 0 aliphatic carbocycles. The van der Waals surface area contributed by atoms with Gasteiger partial charge in [0, 0.05) is 25.1 Å². The number of hydrogen-bond acceptors (Lipinski definition) is 5. The van der Waals surface area contributed by atoms with Gasteiger partial charge in [0.1, 0.15) is 5.01 Å². The maximum absolute atomic E-state index is 12.7. The Labute approximate surface area is 186 Å². The summed E-state index contributed by atoms with van der Waals surface area (Å²) in [6.07, 6.45) is 1.92. The van der Waals surface area contributed by atoms with E-state index in [4.69, 9.17) is 0 Å². The van der Waals surface area contributed by atoms with Crippen molar-refractivity contribution in [2.24, 2.45) is 5.92 Å². The highest BCUT2D eigenvalue weighted by atomic mass is 32.1. The molecule has 1 aromatic heterocycles. The van der Waals surface area contributed by atoms with E-state index in [2.05, 4.69) is 41.5 Å². The second-order valence-corrected chi connectivity index (χ2v) is 8.99. The molecule has 1 saturated heterocycles. The van der Waals surface area contributed by atoms with Crippen molar-refractivity contribution in [1.82, 2.24) is 10.2 Å². The average Bonchev–Trinajstić information content (AvgIpc) is 3.40. The normalized spacial score (nSPS) is 17.0. The van der Waals surface area contributed by atoms with E-state index in [1.54, 1.807) is 4.90 Å². The predicted octanol–water partition coefficient (Wildman–Crippen LogP) is 4.44. The molecule has 6 nitrogen and oxygen atoms in total. The molecule has 3 aromatic rings. The van der Waals surface area contributed by atoms with Crippen LogP contribution in [0.1, 0.15) is 42.3 Å². The first-order valence-electron chi connectivity index (χ1n) is 10.6. The van der Waals surface area contributed by atoms with Gasteiger partial charge in [-0.1, -0.05) is 67.6 Å². The minimum Gasteiger partial charge on any atom is -0.312 e. The van der Waals surface area contributed by atoms with Crippen molar-refractivity contribution < 1.29 is 9.59 Å². The monoisotopic (exact) mass is 434 g/mol. The first kappa shape index (κ1) is 21.2. The smallest absolute Gasteiger partial charge is 0.231 e. The van der Waals surface area contributed by atoms with Crippen molar-refractivity contribution in [2.45, 2.75) is 39.0 Å². The predicted molar refractivity (Wildman–Crippen MR) is 123 cm³/mol. The Kier molecular flexibility index (Phi) is 6.42. The number of hydrogen-bond donors (Lipinski definition) is 1. The van der Waals surface area contributed by atoms with Crippen molar-refractivity contribution in [3.05, 3.63) is 70.7 Å². The van der Waals surface area contributed by atoms with E-state index in [1.807, 2.05) is 42.5 Å². The van der Waals surface area contributed by atoms with Crippen LogP contribution in [0.4, 0.5) is 10.8 Å². The Hall–Kier alpha value is -3.06. The number of carbonyl (C=O) groups is 2. The van der Waals surface area contributed by atoms with Crippen molar-refractivity contribution in [3.63, 3.8) is 0 Å². The fraction of sp³-hybridized carbons (Fsp3) is 0.333. The Morgan fingerprint density at radius 2 is 1.90 bits per heavy atom. The number of carbonyl (C=O) groups excluding carboxylic acids is 2. The summed E-state index contributed by atoms with van der Waals surface area (Å²) in [6.45, 7) is 4.63. The summed E-state index contributed by atoms with van der Waals surface area (Å²) in [7, 11) is 0. The van der Waals surface area contributed by atoms with Gasteiger partial charge in [-0.05, 0) is 35.6 Å². The molecule has 2 amide bonds. The lowest BCUT2D eigenvalue weighted by molar-refractivity contribution is -0.122. The van der Waals surface area contributed by atoms with E-state index in [-0.39, 0.29) is 18.2 Å². The molecular weight excluding hydrogens is 408 g/mol. The van der Waals surface area contributed by atoms with E-state index in [0.717, 1.165) is 23.5 Å². The molecule has 0 radical (unpaired) electrons. The molecular formula is C24H26N4O2S. The van der Waals surface area contributed by atoms with Crippen LogP contribution in [0.15, 0.2) is 54.6 Å². The Morgan fingerprint density at radius 3 is 2.61 bits per heavy atom. The van der Waals surface area contributed by atoms with Crippen LogP contribution in [0.5, 0.6) is 0 Å². The molecule has 160 valence electrons. The molecule has 31 heavy (non-hydrogen) atoms. The fourth-order valence-corrected chi connectivity index (χ4v) is 4.67. The van der Waals surface area contributed by atoms with Crippen molar-refractivity contribution >= 4 is 34.0 Å². The van der Waals surface area contributed by atoms with Gasteiger partial charge in [0.15, 0.2) is 0 Å². The van der Waals surface area contributed by atoms with Crippen LogP contribution in [0.3, 0.4) is 0 Å². The second-order valence-electron chi connectivity index (χ2n) is 7.93. The zero-order valence-electron chi connectivity index (χ0n) is 17.7. The topological polar surface area (TPSA) is 75.2 Å². The van der Waals surface area contributed by atoms with E-state index in [9.17, 15) is 9.59 Å². The van der Waals surface area contributed by atoms with Crippen molar-refractivity contribution in [1.29, 1.82) is 0 Å². The highest BCUT2D eigenvalue weighted by Crippen LogP contribution is 2.28. The highest BCUT2D eigenvalue weighted by Gasteiger charge is 2.35. The maximum Gasteiger partial charge on any atom is 0.231 e. The SMILES string of the molecule is CCc1ccc(N2CC(C(=O)Nc3nnc(CC(C)c4ccccc4)s3)CC2=O)cc1. The zero-order chi connectivity index (χ0) is 21.8. The third kappa shape index (κ3) is 4.99. The number of aryl methyl sites for hydroxylation is 1. The standard InChI is InChI=1S/C24H26N4O2S/c1-3-17-9-11-20(12-10-17)28-15-19(14-22(28)29)23(30)25-24-27-26-21(31-24)13-16(2)18-7-5-4-6-8-18/h4-12,16,19H,3,13-15H2,1-2H3,(H,25,27,30). The van der Waals surface area contributed by atoms with Crippen LogP contribution >= 0.6 is 11.3 Å². The number of rotatable bonds is 7. The van der Waals surface area contributed by atoms with Gasteiger partial charge in [-0.25, -0.2) is 0 Å². The van der Waals surface area contributed by atoms with E-state index in [1.165, 1.54) is 22.5 Å². The summed E-state index contributed by atoms with van der Waals surface area (Å²) >= 11 is 1.39. The maximum atomic E-state index is 12.7. The van der Waals surface area contributed by atoms with Gasteiger partial charge < -0.3 is 10.2 Å². The minimum atomic E-state index is -0.394. The summed E-state index contributed by atoms with van der Waals surface area (Å²) in [5, 5.41) is 12.6. The zero-order valence-corrected chi connectivity index (χ0v) is 18.6. The summed E-state index contributed by atoms with van der Waals surface area (Å²) in [6, 6.07) is 18.2. The van der Waals surface area contributed by atoms with E-state index < -0.39 is 5.92 Å². The summed E-state index contributed by atoms with van der Waals surface area (Å²) < 4.78 is 0. The first-order valence-corrected chi connectivity index (χ1v) is 11.4. The molecule has 2 unspecified atom stereocenters. The van der Waals surface area contributed by atoms with Gasteiger partial charge in [0.25, 0.3) is 0 Å². The number of aromatic nitrogens is 2. The molecule has 2 atom stereocenters. The lowest BCUT2D eigenvalue weighted by Gasteiger charge is -2.17. The minimum absolute atomic E-state index is 0.0287. The molecule has 2 heterocycles. The molecule has 7 heteroatoms. The van der Waals surface area contributed by atoms with Crippen molar-refractivity contribution in [2.75, 3.05) is 16.8 Å². The van der Waals surface area contributed by atoms with Crippen LogP contribution in [-0.4, -0.2) is 28.6 Å². The second kappa shape index (κ2) is 9.39. The van der Waals surface area contributed by atoms with Crippen LogP contribution in [0, 0.1) is 5.92 Å². The van der Waals surface area contributed by atoms with E-state index in [0.29, 0.717) is 17.6 Å². The third-order valence-electron chi connectivity index (χ3n) is 5.70. The Balaban J connectivity index is 1.35. The fourth-order valence-electron chi connectivity index (χ4n) is 3.80. The molecule has 1 aliphatic rings. The Morgan fingerprint density at radius 1 is 1.16 bits per heavy atom. The van der Waals surface area contributed by atoms with Crippen LogP contribution < -0.4 is 10.2 Å². The lowest BCUT2D eigenvalue weighted by atomic mass is 9.98. The molecule has 0 saturated carbocycles. The third-order valence-corrected chi connectivity index (χ3v) is 6.56. The largest absolute Gasteiger partial charge is 0.312 e. The van der Waals surface area contributed by atoms with Gasteiger partial charge in [0.05, 0.1) is 5.92 Å². The molecule has 2 aromatic carbocycles. The number of benzene rings is 2. The molecule has 0 spiro atoms. The molecule has 1 N–H and O–H groups in total. The molecule has 1 fully saturated rings. The highest BCUT2D eigenvalue weighted by molar-refractivity contribution is 7.15. The van der Waals surface area contributed by atoms with Gasteiger partial charge in [0.2, 0.25) is 16.9 Å². The van der Waals surface area contributed by atoms with Gasteiger partial charge in [-0.2, -0.15) is 0 Å². The number of nitrogens with zero attached hydrogens (tertiary/aromatic N) is 3. The van der Waals surface area contributed by atoms with Crippen molar-refractivity contribution in [3.8, 4) is 0 Å². The van der Waals surface area contributed by atoms with Gasteiger partial charge in [-0.15, -0.1) is 10.2 Å². The number of nitrogens with one attached hydrogen (secondary N) is 1. The lowest BCUT2D eigenvalue weighted by Crippen LogP contribution is -2.28. The summed E-state index contributed by atoms with van der Waals surface area (Å²) in [5.41, 5.74) is 3.31. The molecule has 4 rings (SSSR count). The van der Waals surface area contributed by atoms with Crippen LogP contribution in [-0.2, 0) is 22.4 Å². The number of anilines is 2. The average molecular weight is 435 g/mol. The van der Waals surface area contributed by atoms with Gasteiger partial charge in [-0.3, -0.25) is 9.59 Å². The molecule has 0 bridgehead atoms. The quantitative estimate of drug-likeness (QED) is 0.597. The first-order chi connectivity index (χ1) is 15.0. The van der Waals surface area contributed by atoms with Gasteiger partial charge >= 0.3 is 0 Å². The number of amides is 2. The van der Waals surface area contributed by atoms with E-state index >= 15 is 0 Å².